The lowest BCUT2D eigenvalue weighted by atomic mass is 10.1. The fraction of sp³-hybridized carbons (Fsp3) is 0.462. The summed E-state index contributed by atoms with van der Waals surface area (Å²) in [5.41, 5.74) is 2.17. The molecule has 1 aliphatic heterocycles. The fourth-order valence-electron chi connectivity index (χ4n) is 2.82. The van der Waals surface area contributed by atoms with Gasteiger partial charge in [-0.1, -0.05) is 0 Å². The summed E-state index contributed by atoms with van der Waals surface area (Å²) in [5.74, 6) is -1.01. The van der Waals surface area contributed by atoms with Gasteiger partial charge in [-0.25, -0.2) is 9.78 Å². The summed E-state index contributed by atoms with van der Waals surface area (Å²) in [4.78, 5) is 17.6. The number of anilines is 1. The number of rotatable bonds is 2. The van der Waals surface area contributed by atoms with Gasteiger partial charge in [0.05, 0.1) is 22.9 Å². The molecule has 3 heterocycles. The topological polar surface area (TPSA) is 91.5 Å². The molecule has 2 aromatic rings. The van der Waals surface area contributed by atoms with Crippen LogP contribution in [0.1, 0.15) is 22.5 Å². The number of nitrogens with zero attached hydrogens (tertiary/aromatic N) is 4. The first-order valence-electron chi connectivity index (χ1n) is 6.47. The van der Waals surface area contributed by atoms with Crippen LogP contribution < -0.4 is 4.90 Å². The van der Waals surface area contributed by atoms with E-state index in [0.29, 0.717) is 30.8 Å². The number of fused-ring (bicyclic) bond motifs is 1. The van der Waals surface area contributed by atoms with Gasteiger partial charge in [-0.3, -0.25) is 4.68 Å². The van der Waals surface area contributed by atoms with Crippen molar-refractivity contribution in [3.05, 3.63) is 17.5 Å². The molecule has 20 heavy (non-hydrogen) atoms. The number of hydrogen-bond acceptors (Lipinski definition) is 5. The number of carboxylic acids is 1. The lowest BCUT2D eigenvalue weighted by molar-refractivity contribution is 0.0697. The van der Waals surface area contributed by atoms with Crippen LogP contribution in [-0.4, -0.2) is 50.1 Å². The summed E-state index contributed by atoms with van der Waals surface area (Å²) < 4.78 is 1.65. The maximum Gasteiger partial charge on any atom is 0.339 e. The number of aromatic nitrogens is 3. The van der Waals surface area contributed by atoms with Crippen LogP contribution in [0.25, 0.3) is 11.0 Å². The van der Waals surface area contributed by atoms with E-state index < -0.39 is 12.1 Å². The van der Waals surface area contributed by atoms with Gasteiger partial charge >= 0.3 is 5.97 Å². The molecule has 1 fully saturated rings. The number of hydrogen-bond donors (Lipinski definition) is 2. The first-order valence-corrected chi connectivity index (χ1v) is 6.47. The van der Waals surface area contributed by atoms with Crippen LogP contribution >= 0.6 is 0 Å². The van der Waals surface area contributed by atoms with E-state index in [2.05, 4.69) is 10.1 Å². The SMILES string of the molecule is Cc1nn(C)c2ncc(C(=O)O)c(N3CCC(O)C3)c12. The molecule has 0 aromatic carbocycles. The van der Waals surface area contributed by atoms with E-state index in [0.717, 1.165) is 11.1 Å². The van der Waals surface area contributed by atoms with Gasteiger partial charge in [0.1, 0.15) is 5.56 Å². The van der Waals surface area contributed by atoms with Crippen LogP contribution in [0.15, 0.2) is 6.20 Å². The van der Waals surface area contributed by atoms with Crippen molar-refractivity contribution in [1.82, 2.24) is 14.8 Å². The normalized spacial score (nSPS) is 18.9. The van der Waals surface area contributed by atoms with Crippen molar-refractivity contribution in [2.75, 3.05) is 18.0 Å². The molecule has 0 bridgehead atoms. The van der Waals surface area contributed by atoms with Gasteiger partial charge in [0.2, 0.25) is 0 Å². The third-order valence-electron chi connectivity index (χ3n) is 3.71. The highest BCUT2D eigenvalue weighted by molar-refractivity contribution is 6.04. The van der Waals surface area contributed by atoms with Crippen molar-refractivity contribution in [3.8, 4) is 0 Å². The van der Waals surface area contributed by atoms with Gasteiger partial charge in [-0.05, 0) is 13.3 Å². The second-order valence-electron chi connectivity index (χ2n) is 5.12. The Hall–Kier alpha value is -2.15. The molecule has 1 saturated heterocycles. The lowest BCUT2D eigenvalue weighted by Crippen LogP contribution is -2.24. The molecule has 2 N–H and O–H groups in total. The Morgan fingerprint density at radius 2 is 2.25 bits per heavy atom. The monoisotopic (exact) mass is 276 g/mol. The van der Waals surface area contributed by atoms with E-state index in [4.69, 9.17) is 0 Å². The zero-order chi connectivity index (χ0) is 14.4. The molecule has 1 aliphatic rings. The molecule has 0 radical (unpaired) electrons. The van der Waals surface area contributed by atoms with Crippen LogP contribution in [0.2, 0.25) is 0 Å². The van der Waals surface area contributed by atoms with Crippen LogP contribution in [0.3, 0.4) is 0 Å². The summed E-state index contributed by atoms with van der Waals surface area (Å²) in [6.07, 6.45) is 1.59. The van der Waals surface area contributed by atoms with E-state index in [1.807, 2.05) is 11.8 Å². The van der Waals surface area contributed by atoms with Gasteiger partial charge in [-0.15, -0.1) is 0 Å². The van der Waals surface area contributed by atoms with Crippen LogP contribution in [0.4, 0.5) is 5.69 Å². The molecule has 0 saturated carbocycles. The van der Waals surface area contributed by atoms with Crippen LogP contribution in [0, 0.1) is 6.92 Å². The van der Waals surface area contributed by atoms with E-state index in [9.17, 15) is 15.0 Å². The average molecular weight is 276 g/mol. The van der Waals surface area contributed by atoms with Crippen molar-refractivity contribution < 1.29 is 15.0 Å². The molecule has 7 nitrogen and oxygen atoms in total. The van der Waals surface area contributed by atoms with Gasteiger partial charge < -0.3 is 15.1 Å². The second kappa shape index (κ2) is 4.45. The Morgan fingerprint density at radius 1 is 1.50 bits per heavy atom. The number of carbonyl (C=O) groups is 1. The Morgan fingerprint density at radius 3 is 2.85 bits per heavy atom. The minimum absolute atomic E-state index is 0.155. The first-order chi connectivity index (χ1) is 9.49. The zero-order valence-corrected chi connectivity index (χ0v) is 11.4. The first kappa shape index (κ1) is 12.9. The largest absolute Gasteiger partial charge is 0.478 e. The number of aromatic carboxylic acids is 1. The predicted molar refractivity (Wildman–Crippen MR) is 73.0 cm³/mol. The highest BCUT2D eigenvalue weighted by Gasteiger charge is 2.28. The summed E-state index contributed by atoms with van der Waals surface area (Å²) in [7, 11) is 1.78. The van der Waals surface area contributed by atoms with Crippen molar-refractivity contribution in [1.29, 1.82) is 0 Å². The second-order valence-corrected chi connectivity index (χ2v) is 5.12. The fourth-order valence-corrected chi connectivity index (χ4v) is 2.82. The summed E-state index contributed by atoms with van der Waals surface area (Å²) in [6.45, 7) is 2.91. The van der Waals surface area contributed by atoms with Gasteiger partial charge in [0, 0.05) is 26.3 Å². The highest BCUT2D eigenvalue weighted by Crippen LogP contribution is 2.33. The standard InChI is InChI=1S/C13H16N4O3/c1-7-10-11(17-4-3-8(18)6-17)9(13(19)20)5-14-12(10)16(2)15-7/h5,8,18H,3-4,6H2,1-2H3,(H,19,20). The van der Waals surface area contributed by atoms with Gasteiger partial charge in [0.25, 0.3) is 0 Å². The Labute approximate surface area is 115 Å². The maximum atomic E-state index is 11.5. The molecular formula is C13H16N4O3. The lowest BCUT2D eigenvalue weighted by Gasteiger charge is -2.21. The Bertz CT molecular complexity index is 694. The molecule has 0 spiro atoms. The van der Waals surface area contributed by atoms with Gasteiger partial charge in [-0.2, -0.15) is 5.10 Å². The average Bonchev–Trinajstić information content (AvgIpc) is 2.93. The van der Waals surface area contributed by atoms with Crippen molar-refractivity contribution >= 4 is 22.7 Å². The molecular weight excluding hydrogens is 260 g/mol. The molecule has 2 aromatic heterocycles. The minimum atomic E-state index is -1.01. The highest BCUT2D eigenvalue weighted by atomic mass is 16.4. The van der Waals surface area contributed by atoms with E-state index >= 15 is 0 Å². The number of aryl methyl sites for hydroxylation is 2. The zero-order valence-electron chi connectivity index (χ0n) is 11.4. The number of carboxylic acid groups (broad SMARTS) is 1. The molecule has 3 rings (SSSR count). The predicted octanol–water partition coefficient (Wildman–Crippen LogP) is 0.546. The maximum absolute atomic E-state index is 11.5. The third kappa shape index (κ3) is 1.82. The Balaban J connectivity index is 2.29. The minimum Gasteiger partial charge on any atom is -0.478 e. The molecule has 7 heteroatoms. The number of aliphatic hydroxyl groups is 1. The Kier molecular flexibility index (Phi) is 2.86. The smallest absolute Gasteiger partial charge is 0.339 e. The van der Waals surface area contributed by atoms with Gasteiger partial charge in [0.15, 0.2) is 5.65 Å². The van der Waals surface area contributed by atoms with Crippen LogP contribution in [-0.2, 0) is 7.05 Å². The van der Waals surface area contributed by atoms with Crippen molar-refractivity contribution in [3.63, 3.8) is 0 Å². The third-order valence-corrected chi connectivity index (χ3v) is 3.71. The molecule has 106 valence electrons. The summed E-state index contributed by atoms with van der Waals surface area (Å²) in [6, 6.07) is 0. The molecule has 1 atom stereocenters. The number of β-amino-alcohol motifs (C(OH)–C–C–N with tert-alkyl or cyclic N) is 1. The summed E-state index contributed by atoms with van der Waals surface area (Å²) >= 11 is 0. The van der Waals surface area contributed by atoms with E-state index in [1.54, 1.807) is 11.7 Å². The van der Waals surface area contributed by atoms with Crippen molar-refractivity contribution in [2.24, 2.45) is 7.05 Å². The van der Waals surface area contributed by atoms with Crippen molar-refractivity contribution in [2.45, 2.75) is 19.4 Å². The summed E-state index contributed by atoms with van der Waals surface area (Å²) in [5, 5.41) is 24.2. The van der Waals surface area contributed by atoms with E-state index in [1.165, 1.54) is 6.20 Å². The van der Waals surface area contributed by atoms with Crippen LogP contribution in [0.5, 0.6) is 0 Å². The molecule has 0 aliphatic carbocycles. The van der Waals surface area contributed by atoms with E-state index in [-0.39, 0.29) is 5.56 Å². The molecule has 0 amide bonds. The number of pyridine rings is 1. The quantitative estimate of drug-likeness (QED) is 0.832. The molecule has 1 unspecified atom stereocenters. The number of aliphatic hydroxyl groups excluding tert-OH is 1.